The van der Waals surface area contributed by atoms with Crippen LogP contribution in [0.25, 0.3) is 0 Å². The van der Waals surface area contributed by atoms with Crippen LogP contribution in [0.4, 0.5) is 0 Å². The number of benzene rings is 1. The average Bonchev–Trinajstić information content (AvgIpc) is 2.33. The molecule has 0 bridgehead atoms. The zero-order valence-corrected chi connectivity index (χ0v) is 12.1. The van der Waals surface area contributed by atoms with Crippen molar-refractivity contribution < 1.29 is 4.79 Å². The molecular weight excluding hydrogens is 222 g/mol. The highest BCUT2D eigenvalue weighted by molar-refractivity contribution is 5.76. The van der Waals surface area contributed by atoms with Gasteiger partial charge in [-0.2, -0.15) is 0 Å². The van der Waals surface area contributed by atoms with E-state index in [2.05, 4.69) is 39.8 Å². The fraction of sp³-hybridized carbons (Fsp3) is 0.562. The Hall–Kier alpha value is -1.31. The topological polar surface area (TPSA) is 20.3 Å². The van der Waals surface area contributed by atoms with Gasteiger partial charge in [-0.25, -0.2) is 0 Å². The zero-order chi connectivity index (χ0) is 13.6. The molecule has 0 aliphatic carbocycles. The Labute approximate surface area is 111 Å². The van der Waals surface area contributed by atoms with Crippen molar-refractivity contribution in [2.24, 2.45) is 0 Å². The average molecular weight is 247 g/mol. The molecule has 18 heavy (non-hydrogen) atoms. The van der Waals surface area contributed by atoms with Crippen molar-refractivity contribution in [3.05, 3.63) is 35.9 Å². The molecule has 0 atom stereocenters. The van der Waals surface area contributed by atoms with E-state index in [0.29, 0.717) is 13.0 Å². The first-order chi connectivity index (χ1) is 8.45. The van der Waals surface area contributed by atoms with E-state index in [1.807, 2.05) is 23.1 Å². The first-order valence-corrected chi connectivity index (χ1v) is 6.79. The van der Waals surface area contributed by atoms with Crippen LogP contribution in [0.3, 0.4) is 0 Å². The molecule has 0 radical (unpaired) electrons. The molecule has 1 rings (SSSR count). The van der Waals surface area contributed by atoms with Crippen molar-refractivity contribution in [3.8, 4) is 0 Å². The highest BCUT2D eigenvalue weighted by Crippen LogP contribution is 2.19. The van der Waals surface area contributed by atoms with Crippen molar-refractivity contribution in [2.45, 2.75) is 59.0 Å². The fourth-order valence-electron chi connectivity index (χ4n) is 1.93. The van der Waals surface area contributed by atoms with Crippen LogP contribution in [0.2, 0.25) is 0 Å². The summed E-state index contributed by atoms with van der Waals surface area (Å²) in [6.45, 7) is 9.11. The third-order valence-corrected chi connectivity index (χ3v) is 3.04. The van der Waals surface area contributed by atoms with E-state index in [-0.39, 0.29) is 11.4 Å². The van der Waals surface area contributed by atoms with Gasteiger partial charge in [0.25, 0.3) is 0 Å². The maximum Gasteiger partial charge on any atom is 0.223 e. The number of unbranched alkanes of at least 4 members (excludes halogenated alkanes) is 1. The van der Waals surface area contributed by atoms with Crippen LogP contribution in [-0.4, -0.2) is 16.3 Å². The van der Waals surface area contributed by atoms with E-state index < -0.39 is 0 Å². The summed E-state index contributed by atoms with van der Waals surface area (Å²) in [4.78, 5) is 14.3. The van der Waals surface area contributed by atoms with Gasteiger partial charge >= 0.3 is 0 Å². The van der Waals surface area contributed by atoms with Gasteiger partial charge in [-0.1, -0.05) is 43.7 Å². The third-order valence-electron chi connectivity index (χ3n) is 3.04. The first-order valence-electron chi connectivity index (χ1n) is 6.79. The summed E-state index contributed by atoms with van der Waals surface area (Å²) in [7, 11) is 0. The maximum atomic E-state index is 12.3. The largest absolute Gasteiger partial charge is 0.334 e. The first kappa shape index (κ1) is 14.7. The molecule has 0 saturated heterocycles. The number of hydrogen-bond acceptors (Lipinski definition) is 1. The molecule has 0 heterocycles. The van der Waals surface area contributed by atoms with Crippen LogP contribution in [0.15, 0.2) is 30.3 Å². The minimum Gasteiger partial charge on any atom is -0.334 e. The van der Waals surface area contributed by atoms with E-state index in [0.717, 1.165) is 12.8 Å². The second-order valence-corrected chi connectivity index (χ2v) is 5.74. The summed E-state index contributed by atoms with van der Waals surface area (Å²) >= 11 is 0. The van der Waals surface area contributed by atoms with Crippen LogP contribution in [-0.2, 0) is 11.3 Å². The van der Waals surface area contributed by atoms with Gasteiger partial charge in [0, 0.05) is 18.5 Å². The Kier molecular flexibility index (Phi) is 5.39. The van der Waals surface area contributed by atoms with Crippen LogP contribution < -0.4 is 0 Å². The summed E-state index contributed by atoms with van der Waals surface area (Å²) < 4.78 is 0. The molecule has 100 valence electrons. The van der Waals surface area contributed by atoms with Crippen molar-refractivity contribution in [1.29, 1.82) is 0 Å². The molecule has 0 N–H and O–H groups in total. The van der Waals surface area contributed by atoms with E-state index in [9.17, 15) is 4.79 Å². The molecule has 1 aromatic rings. The minimum atomic E-state index is -0.124. The van der Waals surface area contributed by atoms with E-state index >= 15 is 0 Å². The van der Waals surface area contributed by atoms with Gasteiger partial charge in [-0.15, -0.1) is 0 Å². The van der Waals surface area contributed by atoms with E-state index in [1.54, 1.807) is 0 Å². The number of amides is 1. The Bertz CT molecular complexity index is 364. The number of carbonyl (C=O) groups excluding carboxylic acids is 1. The van der Waals surface area contributed by atoms with E-state index in [4.69, 9.17) is 0 Å². The fourth-order valence-corrected chi connectivity index (χ4v) is 1.93. The third kappa shape index (κ3) is 4.52. The molecule has 0 spiro atoms. The normalized spacial score (nSPS) is 11.3. The lowest BCUT2D eigenvalue weighted by atomic mass is 10.0. The molecular formula is C16H25NO. The minimum absolute atomic E-state index is 0.124. The summed E-state index contributed by atoms with van der Waals surface area (Å²) in [6, 6.07) is 10.2. The maximum absolute atomic E-state index is 12.3. The number of carbonyl (C=O) groups is 1. The van der Waals surface area contributed by atoms with Gasteiger partial charge < -0.3 is 4.90 Å². The molecule has 1 aromatic carbocycles. The van der Waals surface area contributed by atoms with Crippen molar-refractivity contribution in [3.63, 3.8) is 0 Å². The second-order valence-electron chi connectivity index (χ2n) is 5.74. The standard InChI is InChI=1S/C16H25NO/c1-5-6-12-15(18)17(16(2,3)4)13-14-10-8-7-9-11-14/h7-11H,5-6,12-13H2,1-4H3. The highest BCUT2D eigenvalue weighted by Gasteiger charge is 2.25. The van der Waals surface area contributed by atoms with Crippen LogP contribution in [0.1, 0.15) is 52.5 Å². The molecule has 0 aliphatic rings. The monoisotopic (exact) mass is 247 g/mol. The smallest absolute Gasteiger partial charge is 0.223 e. The predicted octanol–water partition coefficient (Wildman–Crippen LogP) is 4.00. The lowest BCUT2D eigenvalue weighted by Crippen LogP contribution is -2.44. The van der Waals surface area contributed by atoms with Gasteiger partial charge in [0.05, 0.1) is 0 Å². The molecule has 0 aromatic heterocycles. The molecule has 0 saturated carbocycles. The molecule has 2 heteroatoms. The molecule has 0 unspecified atom stereocenters. The van der Waals surface area contributed by atoms with Crippen molar-refractivity contribution in [1.82, 2.24) is 4.90 Å². The zero-order valence-electron chi connectivity index (χ0n) is 12.1. The second kappa shape index (κ2) is 6.58. The van der Waals surface area contributed by atoms with Gasteiger partial charge in [-0.05, 0) is 32.8 Å². The Morgan fingerprint density at radius 1 is 1.17 bits per heavy atom. The van der Waals surface area contributed by atoms with Crippen molar-refractivity contribution >= 4 is 5.91 Å². The van der Waals surface area contributed by atoms with Crippen LogP contribution in [0, 0.1) is 0 Å². The Morgan fingerprint density at radius 2 is 1.78 bits per heavy atom. The predicted molar refractivity (Wildman–Crippen MR) is 76.3 cm³/mol. The lowest BCUT2D eigenvalue weighted by Gasteiger charge is -2.36. The number of nitrogens with zero attached hydrogens (tertiary/aromatic N) is 1. The van der Waals surface area contributed by atoms with Crippen molar-refractivity contribution in [2.75, 3.05) is 0 Å². The summed E-state index contributed by atoms with van der Waals surface area (Å²) in [5.74, 6) is 0.258. The van der Waals surface area contributed by atoms with Gasteiger partial charge in [0.2, 0.25) is 5.91 Å². The molecule has 2 nitrogen and oxygen atoms in total. The SMILES string of the molecule is CCCCC(=O)N(Cc1ccccc1)C(C)(C)C. The van der Waals surface area contributed by atoms with Crippen LogP contribution in [0.5, 0.6) is 0 Å². The highest BCUT2D eigenvalue weighted by atomic mass is 16.2. The molecule has 0 fully saturated rings. The van der Waals surface area contributed by atoms with Gasteiger partial charge in [0.1, 0.15) is 0 Å². The summed E-state index contributed by atoms with van der Waals surface area (Å²) in [6.07, 6.45) is 2.69. The molecule has 0 aliphatic heterocycles. The quantitative estimate of drug-likeness (QED) is 0.770. The Morgan fingerprint density at radius 3 is 2.28 bits per heavy atom. The summed E-state index contributed by atoms with van der Waals surface area (Å²) in [5, 5.41) is 0. The van der Waals surface area contributed by atoms with Gasteiger partial charge in [0.15, 0.2) is 0 Å². The number of rotatable bonds is 5. The summed E-state index contributed by atoms with van der Waals surface area (Å²) in [5.41, 5.74) is 1.07. The van der Waals surface area contributed by atoms with E-state index in [1.165, 1.54) is 5.56 Å². The lowest BCUT2D eigenvalue weighted by molar-refractivity contribution is -0.136. The number of hydrogen-bond donors (Lipinski definition) is 0. The van der Waals surface area contributed by atoms with Gasteiger partial charge in [-0.3, -0.25) is 4.79 Å². The Balaban J connectivity index is 2.77. The van der Waals surface area contributed by atoms with Crippen LogP contribution >= 0.6 is 0 Å². The molecule has 1 amide bonds.